The van der Waals surface area contributed by atoms with Crippen molar-refractivity contribution < 1.29 is 4.79 Å². The zero-order valence-corrected chi connectivity index (χ0v) is 11.7. The first-order valence-corrected chi connectivity index (χ1v) is 6.76. The molecule has 0 aliphatic carbocycles. The number of H-pyrrole nitrogens is 1. The number of hydrogen-bond donors (Lipinski definition) is 3. The first-order valence-electron chi connectivity index (χ1n) is 6.76. The number of aryl methyl sites for hydroxylation is 2. The van der Waals surface area contributed by atoms with E-state index >= 15 is 0 Å². The van der Waals surface area contributed by atoms with Gasteiger partial charge in [0.15, 0.2) is 0 Å². The van der Waals surface area contributed by atoms with Crippen LogP contribution in [-0.4, -0.2) is 21.9 Å². The highest BCUT2D eigenvalue weighted by atomic mass is 16.2. The van der Waals surface area contributed by atoms with E-state index in [2.05, 4.69) is 20.6 Å². The van der Waals surface area contributed by atoms with Gasteiger partial charge in [-0.1, -0.05) is 18.2 Å². The minimum absolute atomic E-state index is 0.00366. The lowest BCUT2D eigenvalue weighted by atomic mass is 10.0. The van der Waals surface area contributed by atoms with E-state index < -0.39 is 0 Å². The number of rotatable bonds is 2. The Morgan fingerprint density at radius 2 is 2.10 bits per heavy atom. The van der Waals surface area contributed by atoms with Crippen molar-refractivity contribution in [2.24, 2.45) is 0 Å². The van der Waals surface area contributed by atoms with E-state index in [1.807, 2.05) is 32.0 Å². The van der Waals surface area contributed by atoms with Crippen LogP contribution < -0.4 is 10.6 Å². The number of aromatic amines is 1. The quantitative estimate of drug-likeness (QED) is 0.777. The molecule has 0 saturated carbocycles. The summed E-state index contributed by atoms with van der Waals surface area (Å²) in [5, 5.41) is 6.27. The molecular formula is C15H18N4O. The fourth-order valence-corrected chi connectivity index (χ4v) is 2.58. The summed E-state index contributed by atoms with van der Waals surface area (Å²) in [6, 6.07) is 5.77. The van der Waals surface area contributed by atoms with E-state index in [-0.39, 0.29) is 11.9 Å². The number of amides is 1. The van der Waals surface area contributed by atoms with E-state index in [9.17, 15) is 4.79 Å². The van der Waals surface area contributed by atoms with Crippen LogP contribution in [0.25, 0.3) is 0 Å². The Morgan fingerprint density at radius 1 is 1.35 bits per heavy atom. The van der Waals surface area contributed by atoms with Gasteiger partial charge in [-0.2, -0.15) is 0 Å². The molecule has 2 heterocycles. The highest BCUT2D eigenvalue weighted by Gasteiger charge is 2.26. The number of carbonyl (C=O) groups is 1. The van der Waals surface area contributed by atoms with Crippen LogP contribution >= 0.6 is 0 Å². The van der Waals surface area contributed by atoms with Gasteiger partial charge in [-0.3, -0.25) is 10.1 Å². The van der Waals surface area contributed by atoms with Gasteiger partial charge in [0, 0.05) is 18.7 Å². The van der Waals surface area contributed by atoms with Crippen LogP contribution in [0.4, 0.5) is 5.69 Å². The fraction of sp³-hybridized carbons (Fsp3) is 0.333. The summed E-state index contributed by atoms with van der Waals surface area (Å²) >= 11 is 0. The van der Waals surface area contributed by atoms with Crippen LogP contribution in [0.3, 0.4) is 0 Å². The molecule has 0 spiro atoms. The Morgan fingerprint density at radius 3 is 2.85 bits per heavy atom. The predicted molar refractivity (Wildman–Crippen MR) is 77.5 cm³/mol. The number of nitrogens with zero attached hydrogens (tertiary/aromatic N) is 1. The van der Waals surface area contributed by atoms with Crippen LogP contribution in [-0.2, 0) is 17.8 Å². The Bertz CT molecular complexity index is 627. The maximum absolute atomic E-state index is 12.4. The monoisotopic (exact) mass is 270 g/mol. The lowest BCUT2D eigenvalue weighted by molar-refractivity contribution is -0.118. The highest BCUT2D eigenvalue weighted by molar-refractivity contribution is 5.96. The van der Waals surface area contributed by atoms with E-state index in [0.717, 1.165) is 28.2 Å². The zero-order valence-electron chi connectivity index (χ0n) is 11.7. The second-order valence-electron chi connectivity index (χ2n) is 5.22. The lowest BCUT2D eigenvalue weighted by Gasteiger charge is -2.23. The second-order valence-corrected chi connectivity index (χ2v) is 5.22. The Balaban J connectivity index is 1.75. The van der Waals surface area contributed by atoms with Crippen molar-refractivity contribution in [3.05, 3.63) is 47.0 Å². The Hall–Kier alpha value is -2.14. The third-order valence-electron chi connectivity index (χ3n) is 3.78. The standard InChI is InChI=1S/C15H18N4O/c1-9-4-3-5-10(2)14(9)19-15(20)12-6-11-13(7-16-12)18-8-17-11/h3-5,8,12,16H,6-7H2,1-2H3,(H,17,18)(H,19,20). The molecule has 0 fully saturated rings. The van der Waals surface area contributed by atoms with Crippen molar-refractivity contribution in [1.82, 2.24) is 15.3 Å². The molecule has 1 unspecified atom stereocenters. The first-order chi connectivity index (χ1) is 9.65. The number of imidazole rings is 1. The molecule has 3 rings (SSSR count). The summed E-state index contributed by atoms with van der Waals surface area (Å²) in [7, 11) is 0. The molecule has 1 aliphatic rings. The Labute approximate surface area is 117 Å². The molecule has 0 saturated heterocycles. The van der Waals surface area contributed by atoms with Crippen LogP contribution in [0.1, 0.15) is 22.5 Å². The zero-order chi connectivity index (χ0) is 14.1. The second kappa shape index (κ2) is 5.09. The summed E-state index contributed by atoms with van der Waals surface area (Å²) in [6.45, 7) is 4.66. The molecule has 2 aromatic rings. The molecule has 1 aromatic carbocycles. The molecule has 1 aromatic heterocycles. The molecular weight excluding hydrogens is 252 g/mol. The van der Waals surface area contributed by atoms with Gasteiger partial charge in [0.1, 0.15) is 0 Å². The van der Waals surface area contributed by atoms with Crippen LogP contribution in [0, 0.1) is 13.8 Å². The maximum Gasteiger partial charge on any atom is 0.241 e. The van der Waals surface area contributed by atoms with Gasteiger partial charge in [-0.05, 0) is 25.0 Å². The number of hydrogen-bond acceptors (Lipinski definition) is 3. The number of carbonyl (C=O) groups excluding carboxylic acids is 1. The van der Waals surface area contributed by atoms with Crippen molar-refractivity contribution in [2.75, 3.05) is 5.32 Å². The van der Waals surface area contributed by atoms with Crippen molar-refractivity contribution in [2.45, 2.75) is 32.9 Å². The van der Waals surface area contributed by atoms with Crippen LogP contribution in [0.5, 0.6) is 0 Å². The largest absolute Gasteiger partial charge is 0.347 e. The minimum Gasteiger partial charge on any atom is -0.347 e. The third-order valence-corrected chi connectivity index (χ3v) is 3.78. The highest BCUT2D eigenvalue weighted by Crippen LogP contribution is 2.20. The van der Waals surface area contributed by atoms with Gasteiger partial charge in [0.05, 0.1) is 23.8 Å². The van der Waals surface area contributed by atoms with Gasteiger partial charge in [-0.15, -0.1) is 0 Å². The van der Waals surface area contributed by atoms with E-state index in [1.54, 1.807) is 6.33 Å². The normalized spacial score (nSPS) is 17.6. The molecule has 3 N–H and O–H groups in total. The van der Waals surface area contributed by atoms with Gasteiger partial charge in [0.25, 0.3) is 0 Å². The van der Waals surface area contributed by atoms with E-state index in [0.29, 0.717) is 13.0 Å². The number of benzene rings is 1. The molecule has 1 aliphatic heterocycles. The summed E-state index contributed by atoms with van der Waals surface area (Å²) in [4.78, 5) is 19.7. The minimum atomic E-state index is -0.232. The van der Waals surface area contributed by atoms with Crippen molar-refractivity contribution >= 4 is 11.6 Å². The molecule has 5 nitrogen and oxygen atoms in total. The summed E-state index contributed by atoms with van der Waals surface area (Å²) < 4.78 is 0. The number of para-hydroxylation sites is 1. The first kappa shape index (κ1) is 12.9. The van der Waals surface area contributed by atoms with Gasteiger partial charge in [-0.25, -0.2) is 4.98 Å². The van der Waals surface area contributed by atoms with Crippen LogP contribution in [0.15, 0.2) is 24.5 Å². The average Bonchev–Trinajstić information content (AvgIpc) is 2.90. The molecule has 5 heteroatoms. The average molecular weight is 270 g/mol. The summed E-state index contributed by atoms with van der Waals surface area (Å²) in [5.74, 6) is -0.00366. The topological polar surface area (TPSA) is 69.8 Å². The van der Waals surface area contributed by atoms with Gasteiger partial charge in [0.2, 0.25) is 5.91 Å². The third kappa shape index (κ3) is 2.32. The van der Waals surface area contributed by atoms with Crippen molar-refractivity contribution in [3.8, 4) is 0 Å². The molecule has 0 bridgehead atoms. The van der Waals surface area contributed by atoms with Gasteiger partial charge >= 0.3 is 0 Å². The van der Waals surface area contributed by atoms with Crippen molar-refractivity contribution in [1.29, 1.82) is 0 Å². The number of nitrogens with one attached hydrogen (secondary N) is 3. The SMILES string of the molecule is Cc1cccc(C)c1NC(=O)C1Cc2nc[nH]c2CN1. The van der Waals surface area contributed by atoms with Crippen LogP contribution in [0.2, 0.25) is 0 Å². The predicted octanol–water partition coefficient (Wildman–Crippen LogP) is 1.68. The fourth-order valence-electron chi connectivity index (χ4n) is 2.58. The number of aromatic nitrogens is 2. The van der Waals surface area contributed by atoms with Gasteiger partial charge < -0.3 is 10.3 Å². The smallest absolute Gasteiger partial charge is 0.241 e. The van der Waals surface area contributed by atoms with Crippen molar-refractivity contribution in [3.63, 3.8) is 0 Å². The summed E-state index contributed by atoms with van der Waals surface area (Å²) in [5.41, 5.74) is 5.11. The number of fused-ring (bicyclic) bond motifs is 1. The van der Waals surface area contributed by atoms with E-state index in [1.165, 1.54) is 0 Å². The van der Waals surface area contributed by atoms with E-state index in [4.69, 9.17) is 0 Å². The maximum atomic E-state index is 12.4. The Kier molecular flexibility index (Phi) is 3.28. The molecule has 0 radical (unpaired) electrons. The molecule has 1 amide bonds. The number of anilines is 1. The molecule has 20 heavy (non-hydrogen) atoms. The molecule has 104 valence electrons. The molecule has 1 atom stereocenters. The lowest BCUT2D eigenvalue weighted by Crippen LogP contribution is -2.45. The summed E-state index contributed by atoms with van der Waals surface area (Å²) in [6.07, 6.45) is 2.30.